The normalized spacial score (nSPS) is 11.7. The Morgan fingerprint density at radius 3 is 2.25 bits per heavy atom. The summed E-state index contributed by atoms with van der Waals surface area (Å²) in [5.41, 5.74) is 0.0323. The molecular formula is C13H13Cl2N3OS. The third-order valence-electron chi connectivity index (χ3n) is 2.17. The smallest absolute Gasteiger partial charge is 0.244 e. The number of thioether (sulfide) groups is 1. The van der Waals surface area contributed by atoms with Crippen LogP contribution in [0.4, 0.5) is 0 Å². The van der Waals surface area contributed by atoms with Crippen molar-refractivity contribution in [1.82, 2.24) is 14.8 Å². The van der Waals surface area contributed by atoms with Gasteiger partial charge in [-0.2, -0.15) is 14.8 Å². The standard InChI is InChI=1S/C13H13Cl2N3OS/c1-13(2,3)20-11-7-16-18(12(19)17-11)10-5-8(14)4-9(15)6-10/h4-7H,1-3H3. The molecule has 4 nitrogen and oxygen atoms in total. The second-order valence-corrected chi connectivity index (χ2v) is 7.85. The maximum Gasteiger partial charge on any atom is 0.369 e. The molecule has 1 aromatic carbocycles. The van der Waals surface area contributed by atoms with Gasteiger partial charge in [-0.3, -0.25) is 0 Å². The molecule has 7 heteroatoms. The van der Waals surface area contributed by atoms with E-state index in [4.69, 9.17) is 23.2 Å². The molecule has 106 valence electrons. The number of halogens is 2. The predicted molar refractivity (Wildman–Crippen MR) is 83.3 cm³/mol. The summed E-state index contributed by atoms with van der Waals surface area (Å²) in [5.74, 6) is 0. The van der Waals surface area contributed by atoms with E-state index < -0.39 is 5.69 Å². The van der Waals surface area contributed by atoms with E-state index in [1.807, 2.05) is 20.8 Å². The highest BCUT2D eigenvalue weighted by Gasteiger charge is 2.15. The molecule has 0 aliphatic heterocycles. The average molecular weight is 330 g/mol. The van der Waals surface area contributed by atoms with Gasteiger partial charge in [0.05, 0.1) is 11.9 Å². The summed E-state index contributed by atoms with van der Waals surface area (Å²) in [5, 5.41) is 5.59. The van der Waals surface area contributed by atoms with Crippen molar-refractivity contribution in [3.63, 3.8) is 0 Å². The summed E-state index contributed by atoms with van der Waals surface area (Å²) in [4.78, 5) is 16.1. The summed E-state index contributed by atoms with van der Waals surface area (Å²) >= 11 is 13.3. The van der Waals surface area contributed by atoms with Crippen molar-refractivity contribution >= 4 is 35.0 Å². The first-order valence-electron chi connectivity index (χ1n) is 5.86. The fourth-order valence-corrected chi connectivity index (χ4v) is 2.89. The lowest BCUT2D eigenvalue weighted by molar-refractivity contribution is 0.722. The first-order valence-corrected chi connectivity index (χ1v) is 7.44. The van der Waals surface area contributed by atoms with Crippen LogP contribution >= 0.6 is 35.0 Å². The molecule has 0 N–H and O–H groups in total. The van der Waals surface area contributed by atoms with Gasteiger partial charge in [-0.05, 0) is 18.2 Å². The van der Waals surface area contributed by atoms with Crippen LogP contribution in [0.3, 0.4) is 0 Å². The molecule has 1 heterocycles. The fraction of sp³-hybridized carbons (Fsp3) is 0.308. The van der Waals surface area contributed by atoms with E-state index in [-0.39, 0.29) is 4.75 Å². The fourth-order valence-electron chi connectivity index (χ4n) is 1.53. The molecule has 0 saturated carbocycles. The number of hydrogen-bond donors (Lipinski definition) is 0. The van der Waals surface area contributed by atoms with Crippen LogP contribution in [0.2, 0.25) is 10.0 Å². The Kier molecular flexibility index (Phi) is 4.42. The highest BCUT2D eigenvalue weighted by molar-refractivity contribution is 8.00. The zero-order chi connectivity index (χ0) is 14.9. The topological polar surface area (TPSA) is 47.8 Å². The number of nitrogens with zero attached hydrogens (tertiary/aromatic N) is 3. The van der Waals surface area contributed by atoms with E-state index in [2.05, 4.69) is 10.1 Å². The zero-order valence-corrected chi connectivity index (χ0v) is 13.6. The van der Waals surface area contributed by atoms with Crippen molar-refractivity contribution < 1.29 is 0 Å². The van der Waals surface area contributed by atoms with Gasteiger partial charge >= 0.3 is 5.69 Å². The van der Waals surface area contributed by atoms with E-state index in [0.29, 0.717) is 20.8 Å². The molecule has 0 radical (unpaired) electrons. The Bertz CT molecular complexity index is 674. The minimum absolute atomic E-state index is 0.0351. The lowest BCUT2D eigenvalue weighted by Crippen LogP contribution is -2.24. The van der Waals surface area contributed by atoms with Gasteiger partial charge in [-0.1, -0.05) is 55.7 Å². The molecule has 0 bridgehead atoms. The van der Waals surface area contributed by atoms with E-state index >= 15 is 0 Å². The van der Waals surface area contributed by atoms with Crippen molar-refractivity contribution in [2.75, 3.05) is 0 Å². The third-order valence-corrected chi connectivity index (χ3v) is 3.63. The van der Waals surface area contributed by atoms with Gasteiger partial charge in [0.2, 0.25) is 0 Å². The Morgan fingerprint density at radius 2 is 1.75 bits per heavy atom. The Hall–Kier alpha value is -1.04. The van der Waals surface area contributed by atoms with Crippen molar-refractivity contribution in [2.24, 2.45) is 0 Å². The van der Waals surface area contributed by atoms with E-state index in [9.17, 15) is 4.79 Å². The minimum Gasteiger partial charge on any atom is -0.244 e. The second kappa shape index (κ2) is 5.76. The average Bonchev–Trinajstić information content (AvgIpc) is 2.25. The lowest BCUT2D eigenvalue weighted by atomic mass is 10.3. The van der Waals surface area contributed by atoms with Gasteiger partial charge < -0.3 is 0 Å². The summed E-state index contributed by atoms with van der Waals surface area (Å²) in [6.45, 7) is 6.13. The predicted octanol–water partition coefficient (Wildman–Crippen LogP) is 3.82. The van der Waals surface area contributed by atoms with Crippen molar-refractivity contribution in [1.29, 1.82) is 0 Å². The van der Waals surface area contributed by atoms with E-state index in [1.165, 1.54) is 16.4 Å². The third kappa shape index (κ3) is 3.98. The maximum absolute atomic E-state index is 12.0. The van der Waals surface area contributed by atoms with Crippen LogP contribution in [0.5, 0.6) is 0 Å². The van der Waals surface area contributed by atoms with Crippen LogP contribution in [0.25, 0.3) is 5.69 Å². The largest absolute Gasteiger partial charge is 0.369 e. The van der Waals surface area contributed by atoms with Crippen molar-refractivity contribution in [2.45, 2.75) is 30.5 Å². The van der Waals surface area contributed by atoms with Crippen molar-refractivity contribution in [3.05, 3.63) is 44.9 Å². The molecule has 0 spiro atoms. The van der Waals surface area contributed by atoms with Gasteiger partial charge in [-0.15, -0.1) is 0 Å². The molecule has 0 aliphatic rings. The summed E-state index contributed by atoms with van der Waals surface area (Å²) < 4.78 is 1.14. The first kappa shape index (κ1) is 15.4. The van der Waals surface area contributed by atoms with Crippen molar-refractivity contribution in [3.8, 4) is 5.69 Å². The van der Waals surface area contributed by atoms with Gasteiger partial charge in [0.15, 0.2) is 0 Å². The van der Waals surface area contributed by atoms with Crippen LogP contribution < -0.4 is 5.69 Å². The van der Waals surface area contributed by atoms with E-state index in [0.717, 1.165) is 0 Å². The molecule has 0 atom stereocenters. The van der Waals surface area contributed by atoms with Gasteiger partial charge in [0, 0.05) is 14.8 Å². The van der Waals surface area contributed by atoms with Crippen LogP contribution in [0.1, 0.15) is 20.8 Å². The monoisotopic (exact) mass is 329 g/mol. The summed E-state index contributed by atoms with van der Waals surface area (Å²) in [6.07, 6.45) is 1.56. The number of rotatable bonds is 2. The summed E-state index contributed by atoms with van der Waals surface area (Å²) in [6, 6.07) is 4.81. The quantitative estimate of drug-likeness (QED) is 0.785. The molecule has 0 fully saturated rings. The number of hydrogen-bond acceptors (Lipinski definition) is 4. The van der Waals surface area contributed by atoms with Gasteiger partial charge in [0.1, 0.15) is 5.03 Å². The van der Waals surface area contributed by atoms with Gasteiger partial charge in [-0.25, -0.2) is 4.79 Å². The minimum atomic E-state index is -0.461. The summed E-state index contributed by atoms with van der Waals surface area (Å²) in [7, 11) is 0. The van der Waals surface area contributed by atoms with E-state index in [1.54, 1.807) is 24.4 Å². The molecule has 1 aromatic heterocycles. The molecule has 0 unspecified atom stereocenters. The molecule has 2 rings (SSSR count). The molecule has 0 aliphatic carbocycles. The molecule has 0 saturated heterocycles. The van der Waals surface area contributed by atoms with Gasteiger partial charge in [0.25, 0.3) is 0 Å². The molecule has 0 amide bonds. The Labute approximate surface area is 131 Å². The maximum atomic E-state index is 12.0. The highest BCUT2D eigenvalue weighted by atomic mass is 35.5. The Balaban J connectivity index is 2.42. The molecule has 2 aromatic rings. The highest BCUT2D eigenvalue weighted by Crippen LogP contribution is 2.29. The zero-order valence-electron chi connectivity index (χ0n) is 11.2. The molecular weight excluding hydrogens is 317 g/mol. The van der Waals surface area contributed by atoms with Crippen LogP contribution in [0.15, 0.2) is 34.2 Å². The number of aromatic nitrogens is 3. The SMILES string of the molecule is CC(C)(C)Sc1cnn(-c2cc(Cl)cc(Cl)c2)c(=O)n1. The second-order valence-electron chi connectivity index (χ2n) is 5.13. The first-order chi connectivity index (χ1) is 9.24. The molecule has 20 heavy (non-hydrogen) atoms. The van der Waals surface area contributed by atoms with Crippen LogP contribution in [0, 0.1) is 0 Å². The lowest BCUT2D eigenvalue weighted by Gasteiger charge is -2.16. The van der Waals surface area contributed by atoms with Crippen LogP contribution in [-0.4, -0.2) is 19.5 Å². The Morgan fingerprint density at radius 1 is 1.15 bits per heavy atom. The van der Waals surface area contributed by atoms with Crippen LogP contribution in [-0.2, 0) is 0 Å². The number of benzene rings is 1.